The van der Waals surface area contributed by atoms with Gasteiger partial charge in [0.25, 0.3) is 5.91 Å². The largest absolute Gasteiger partial charge is 0.497 e. The molecule has 0 aliphatic carbocycles. The molecule has 2 N–H and O–H groups in total. The molecular formula is C18H19F2NO3. The summed E-state index contributed by atoms with van der Waals surface area (Å²) in [5.74, 6) is -1.37. The number of rotatable bonds is 5. The number of hydrogen-bond acceptors (Lipinski definition) is 3. The van der Waals surface area contributed by atoms with Crippen LogP contribution in [0, 0.1) is 18.6 Å². The molecule has 0 aromatic heterocycles. The molecule has 24 heavy (non-hydrogen) atoms. The van der Waals surface area contributed by atoms with Gasteiger partial charge in [-0.1, -0.05) is 6.07 Å². The number of nitrogens with one attached hydrogen (secondary N) is 1. The third kappa shape index (κ3) is 3.89. The fourth-order valence-electron chi connectivity index (χ4n) is 2.39. The van der Waals surface area contributed by atoms with Crippen LogP contribution < -0.4 is 10.1 Å². The molecule has 0 bridgehead atoms. The number of methoxy groups -OCH3 is 1. The Morgan fingerprint density at radius 1 is 1.25 bits per heavy atom. The molecule has 1 atom stereocenters. The highest BCUT2D eigenvalue weighted by molar-refractivity contribution is 5.95. The van der Waals surface area contributed by atoms with Crippen LogP contribution in [0.15, 0.2) is 36.4 Å². The van der Waals surface area contributed by atoms with Crippen molar-refractivity contribution in [1.82, 2.24) is 5.32 Å². The van der Waals surface area contributed by atoms with Gasteiger partial charge in [-0.05, 0) is 43.7 Å². The predicted molar refractivity (Wildman–Crippen MR) is 86.0 cm³/mol. The van der Waals surface area contributed by atoms with E-state index < -0.39 is 23.1 Å². The molecule has 0 aliphatic heterocycles. The quantitative estimate of drug-likeness (QED) is 0.883. The van der Waals surface area contributed by atoms with E-state index >= 15 is 0 Å². The summed E-state index contributed by atoms with van der Waals surface area (Å²) < 4.78 is 31.9. The van der Waals surface area contributed by atoms with E-state index in [1.807, 2.05) is 0 Å². The molecular weight excluding hydrogens is 316 g/mol. The number of halogens is 2. The van der Waals surface area contributed by atoms with Crippen molar-refractivity contribution >= 4 is 5.91 Å². The van der Waals surface area contributed by atoms with E-state index in [9.17, 15) is 18.7 Å². The van der Waals surface area contributed by atoms with Gasteiger partial charge in [0.2, 0.25) is 0 Å². The predicted octanol–water partition coefficient (Wildman–Crippen LogP) is 2.92. The van der Waals surface area contributed by atoms with Gasteiger partial charge in [0.05, 0.1) is 13.7 Å². The van der Waals surface area contributed by atoms with Crippen molar-refractivity contribution in [2.24, 2.45) is 0 Å². The van der Waals surface area contributed by atoms with Crippen molar-refractivity contribution in [1.29, 1.82) is 0 Å². The zero-order valence-corrected chi connectivity index (χ0v) is 13.7. The molecule has 6 heteroatoms. The zero-order chi connectivity index (χ0) is 17.9. The lowest BCUT2D eigenvalue weighted by Gasteiger charge is -2.25. The number of benzene rings is 2. The van der Waals surface area contributed by atoms with E-state index in [0.29, 0.717) is 22.9 Å². The molecule has 0 heterocycles. The van der Waals surface area contributed by atoms with Crippen LogP contribution in [-0.2, 0) is 5.60 Å². The number of aryl methyl sites for hydroxylation is 1. The Labute approximate surface area is 139 Å². The number of carbonyl (C=O) groups is 1. The molecule has 0 fully saturated rings. The summed E-state index contributed by atoms with van der Waals surface area (Å²) in [5, 5.41) is 13.0. The first-order chi connectivity index (χ1) is 11.2. The third-order valence-corrected chi connectivity index (χ3v) is 3.78. The molecule has 2 aromatic rings. The van der Waals surface area contributed by atoms with Gasteiger partial charge in [-0.3, -0.25) is 4.79 Å². The van der Waals surface area contributed by atoms with Crippen LogP contribution in [-0.4, -0.2) is 24.7 Å². The lowest BCUT2D eigenvalue weighted by Crippen LogP contribution is -2.39. The molecule has 2 rings (SSSR count). The SMILES string of the molecule is COc1ccc(C(=O)NCC(C)(O)c2ccc(F)cc2F)c(C)c1. The molecule has 4 nitrogen and oxygen atoms in total. The van der Waals surface area contributed by atoms with Crippen LogP contribution in [0.2, 0.25) is 0 Å². The first-order valence-electron chi connectivity index (χ1n) is 7.35. The zero-order valence-electron chi connectivity index (χ0n) is 13.7. The van der Waals surface area contributed by atoms with Crippen molar-refractivity contribution in [2.45, 2.75) is 19.4 Å². The average Bonchev–Trinajstić information content (AvgIpc) is 2.52. The first kappa shape index (κ1) is 17.9. The summed E-state index contributed by atoms with van der Waals surface area (Å²) in [6.45, 7) is 2.89. The molecule has 128 valence electrons. The molecule has 0 saturated carbocycles. The standard InChI is InChI=1S/C18H19F2NO3/c1-11-8-13(24-3)5-6-14(11)17(22)21-10-18(2,23)15-7-4-12(19)9-16(15)20/h4-9,23H,10H2,1-3H3,(H,21,22). The highest BCUT2D eigenvalue weighted by atomic mass is 19.1. The lowest BCUT2D eigenvalue weighted by atomic mass is 9.95. The average molecular weight is 335 g/mol. The monoisotopic (exact) mass is 335 g/mol. The second-order valence-electron chi connectivity index (χ2n) is 5.76. The minimum absolute atomic E-state index is 0.0874. The highest BCUT2D eigenvalue weighted by Gasteiger charge is 2.27. The molecule has 0 aliphatic rings. The second-order valence-corrected chi connectivity index (χ2v) is 5.76. The molecule has 1 amide bonds. The lowest BCUT2D eigenvalue weighted by molar-refractivity contribution is 0.0494. The Bertz CT molecular complexity index is 760. The number of carbonyl (C=O) groups excluding carboxylic acids is 1. The van der Waals surface area contributed by atoms with Crippen LogP contribution in [0.5, 0.6) is 5.75 Å². The third-order valence-electron chi connectivity index (χ3n) is 3.78. The summed E-state index contributed by atoms with van der Waals surface area (Å²) in [5.41, 5.74) is -0.630. The van der Waals surface area contributed by atoms with Crippen LogP contribution in [0.25, 0.3) is 0 Å². The maximum Gasteiger partial charge on any atom is 0.251 e. The van der Waals surface area contributed by atoms with E-state index in [1.165, 1.54) is 14.0 Å². The minimum atomic E-state index is -1.67. The van der Waals surface area contributed by atoms with E-state index in [2.05, 4.69) is 5.32 Å². The molecule has 1 unspecified atom stereocenters. The van der Waals surface area contributed by atoms with Gasteiger partial charge in [0.15, 0.2) is 0 Å². The van der Waals surface area contributed by atoms with Crippen LogP contribution in [0.1, 0.15) is 28.4 Å². The van der Waals surface area contributed by atoms with Crippen molar-refractivity contribution in [2.75, 3.05) is 13.7 Å². The smallest absolute Gasteiger partial charge is 0.251 e. The summed E-state index contributed by atoms with van der Waals surface area (Å²) in [6, 6.07) is 7.89. The topological polar surface area (TPSA) is 58.6 Å². The van der Waals surface area contributed by atoms with Crippen molar-refractivity contribution < 1.29 is 23.4 Å². The Morgan fingerprint density at radius 2 is 1.96 bits per heavy atom. The van der Waals surface area contributed by atoms with Crippen LogP contribution in [0.3, 0.4) is 0 Å². The van der Waals surface area contributed by atoms with Gasteiger partial charge < -0.3 is 15.2 Å². The van der Waals surface area contributed by atoms with Gasteiger partial charge in [-0.15, -0.1) is 0 Å². The number of ether oxygens (including phenoxy) is 1. The van der Waals surface area contributed by atoms with E-state index in [4.69, 9.17) is 4.74 Å². The van der Waals surface area contributed by atoms with E-state index in [-0.39, 0.29) is 12.1 Å². The number of hydrogen-bond donors (Lipinski definition) is 2. The minimum Gasteiger partial charge on any atom is -0.497 e. The summed E-state index contributed by atoms with van der Waals surface area (Å²) in [4.78, 5) is 12.3. The molecule has 0 saturated heterocycles. The van der Waals surface area contributed by atoms with Crippen molar-refractivity contribution in [3.63, 3.8) is 0 Å². The Morgan fingerprint density at radius 3 is 2.54 bits per heavy atom. The molecule has 0 radical (unpaired) electrons. The fourth-order valence-corrected chi connectivity index (χ4v) is 2.39. The first-order valence-corrected chi connectivity index (χ1v) is 7.35. The molecule has 2 aromatic carbocycles. The maximum absolute atomic E-state index is 13.8. The Kier molecular flexibility index (Phi) is 5.19. The molecule has 0 spiro atoms. The summed E-state index contributed by atoms with van der Waals surface area (Å²) in [6.07, 6.45) is 0. The van der Waals surface area contributed by atoms with E-state index in [1.54, 1.807) is 25.1 Å². The Hall–Kier alpha value is -2.47. The normalized spacial score (nSPS) is 13.2. The summed E-state index contributed by atoms with van der Waals surface area (Å²) >= 11 is 0. The Balaban J connectivity index is 2.12. The maximum atomic E-state index is 13.8. The van der Waals surface area contributed by atoms with Crippen LogP contribution >= 0.6 is 0 Å². The van der Waals surface area contributed by atoms with Gasteiger partial charge in [0.1, 0.15) is 23.0 Å². The van der Waals surface area contributed by atoms with Gasteiger partial charge in [-0.2, -0.15) is 0 Å². The van der Waals surface area contributed by atoms with Crippen LogP contribution in [0.4, 0.5) is 8.78 Å². The van der Waals surface area contributed by atoms with Crippen molar-refractivity contribution in [3.05, 3.63) is 64.7 Å². The van der Waals surface area contributed by atoms with E-state index in [0.717, 1.165) is 12.1 Å². The number of amides is 1. The second kappa shape index (κ2) is 6.97. The van der Waals surface area contributed by atoms with Gasteiger partial charge >= 0.3 is 0 Å². The summed E-state index contributed by atoms with van der Waals surface area (Å²) in [7, 11) is 1.53. The van der Waals surface area contributed by atoms with Gasteiger partial charge in [-0.25, -0.2) is 8.78 Å². The number of aliphatic hydroxyl groups is 1. The fraction of sp³-hybridized carbons (Fsp3) is 0.278. The van der Waals surface area contributed by atoms with Crippen molar-refractivity contribution in [3.8, 4) is 5.75 Å². The highest BCUT2D eigenvalue weighted by Crippen LogP contribution is 2.24. The van der Waals surface area contributed by atoms with Gasteiger partial charge in [0, 0.05) is 17.2 Å².